The van der Waals surface area contributed by atoms with E-state index in [1.54, 1.807) is 0 Å². The van der Waals surface area contributed by atoms with Gasteiger partial charge < -0.3 is 4.90 Å². The van der Waals surface area contributed by atoms with Crippen molar-refractivity contribution in [3.63, 3.8) is 0 Å². The molecule has 0 fully saturated rings. The third-order valence-corrected chi connectivity index (χ3v) is 2.60. The lowest BCUT2D eigenvalue weighted by atomic mass is 10.2. The van der Waals surface area contributed by atoms with Crippen molar-refractivity contribution >= 4 is 15.9 Å². The van der Waals surface area contributed by atoms with Crippen molar-refractivity contribution < 1.29 is 0 Å². The van der Waals surface area contributed by atoms with Gasteiger partial charge in [-0.2, -0.15) is 0 Å². The highest BCUT2D eigenvalue weighted by Gasteiger charge is 2.07. The summed E-state index contributed by atoms with van der Waals surface area (Å²) >= 11 is 3.48. The van der Waals surface area contributed by atoms with Gasteiger partial charge in [0.1, 0.15) is 0 Å². The smallest absolute Gasteiger partial charge is 0.0363 e. The van der Waals surface area contributed by atoms with Gasteiger partial charge in [-0.05, 0) is 28.9 Å². The maximum Gasteiger partial charge on any atom is 0.0363 e. The van der Waals surface area contributed by atoms with E-state index in [0.29, 0.717) is 0 Å². The number of allylic oxidation sites excluding steroid dienone is 3. The third kappa shape index (κ3) is 1.96. The standard InChI is InChI=1S/C9H12BrN/c1-3-6-11-7-4-5-9(10)8(11)2/h3-5H,1,6-7H2,2H3. The van der Waals surface area contributed by atoms with Crippen LogP contribution in [0.3, 0.4) is 0 Å². The van der Waals surface area contributed by atoms with Crippen LogP contribution in [-0.2, 0) is 0 Å². The van der Waals surface area contributed by atoms with E-state index >= 15 is 0 Å². The Morgan fingerprint density at radius 1 is 1.82 bits per heavy atom. The summed E-state index contributed by atoms with van der Waals surface area (Å²) in [5.41, 5.74) is 1.28. The zero-order valence-corrected chi connectivity index (χ0v) is 8.26. The topological polar surface area (TPSA) is 3.24 Å². The molecule has 0 spiro atoms. The number of hydrogen-bond acceptors (Lipinski definition) is 1. The van der Waals surface area contributed by atoms with Crippen molar-refractivity contribution in [2.24, 2.45) is 0 Å². The fourth-order valence-electron chi connectivity index (χ4n) is 1.06. The van der Waals surface area contributed by atoms with E-state index in [2.05, 4.69) is 46.5 Å². The van der Waals surface area contributed by atoms with Crippen LogP contribution >= 0.6 is 15.9 Å². The molecule has 1 rings (SSSR count). The average Bonchev–Trinajstić information content (AvgIpc) is 1.99. The van der Waals surface area contributed by atoms with E-state index in [0.717, 1.165) is 13.1 Å². The first-order valence-electron chi connectivity index (χ1n) is 3.64. The highest BCUT2D eigenvalue weighted by molar-refractivity contribution is 9.11. The normalized spacial score (nSPS) is 17.5. The minimum atomic E-state index is 0.922. The molecule has 0 unspecified atom stereocenters. The fraction of sp³-hybridized carbons (Fsp3) is 0.333. The summed E-state index contributed by atoms with van der Waals surface area (Å²) < 4.78 is 1.17. The van der Waals surface area contributed by atoms with Crippen molar-refractivity contribution in [1.29, 1.82) is 0 Å². The number of nitrogens with zero attached hydrogens (tertiary/aromatic N) is 1. The van der Waals surface area contributed by atoms with Crippen LogP contribution in [0.4, 0.5) is 0 Å². The molecule has 0 saturated carbocycles. The van der Waals surface area contributed by atoms with E-state index in [4.69, 9.17) is 0 Å². The summed E-state index contributed by atoms with van der Waals surface area (Å²) in [6, 6.07) is 0. The number of hydrogen-bond donors (Lipinski definition) is 0. The molecule has 0 aliphatic carbocycles. The van der Waals surface area contributed by atoms with Crippen LogP contribution < -0.4 is 0 Å². The molecule has 0 atom stereocenters. The second kappa shape index (κ2) is 3.77. The Bertz CT molecular complexity index is 214. The second-order valence-corrected chi connectivity index (χ2v) is 3.38. The maximum absolute atomic E-state index is 3.71. The molecule has 11 heavy (non-hydrogen) atoms. The van der Waals surface area contributed by atoms with Crippen molar-refractivity contribution in [2.75, 3.05) is 13.1 Å². The van der Waals surface area contributed by atoms with Gasteiger partial charge in [-0.3, -0.25) is 0 Å². The Labute approximate surface area is 76.2 Å². The molecule has 0 aromatic rings. The first kappa shape index (κ1) is 8.60. The molecule has 0 N–H and O–H groups in total. The SMILES string of the molecule is C=CCN1CC=CC(Br)=C1C. The molecule has 1 nitrogen and oxygen atoms in total. The van der Waals surface area contributed by atoms with Crippen molar-refractivity contribution in [3.05, 3.63) is 35.0 Å². The summed E-state index contributed by atoms with van der Waals surface area (Å²) in [7, 11) is 0. The van der Waals surface area contributed by atoms with Crippen LogP contribution in [0, 0.1) is 0 Å². The molecule has 0 radical (unpaired) electrons. The molecule has 0 amide bonds. The molecular formula is C9H12BrN. The lowest BCUT2D eigenvalue weighted by Gasteiger charge is -2.25. The average molecular weight is 214 g/mol. The van der Waals surface area contributed by atoms with Crippen LogP contribution in [0.25, 0.3) is 0 Å². The van der Waals surface area contributed by atoms with E-state index < -0.39 is 0 Å². The largest absolute Gasteiger partial charge is 0.367 e. The van der Waals surface area contributed by atoms with Crippen LogP contribution in [0.15, 0.2) is 35.0 Å². The lowest BCUT2D eigenvalue weighted by Crippen LogP contribution is -2.24. The van der Waals surface area contributed by atoms with E-state index in [1.807, 2.05) is 6.08 Å². The van der Waals surface area contributed by atoms with Gasteiger partial charge in [0, 0.05) is 23.3 Å². The zero-order valence-electron chi connectivity index (χ0n) is 6.68. The first-order chi connectivity index (χ1) is 5.25. The monoisotopic (exact) mass is 213 g/mol. The zero-order chi connectivity index (χ0) is 8.27. The first-order valence-corrected chi connectivity index (χ1v) is 4.43. The molecule has 1 aliphatic heterocycles. The molecule has 2 heteroatoms. The molecule has 1 heterocycles. The van der Waals surface area contributed by atoms with E-state index in [9.17, 15) is 0 Å². The molecule has 0 aromatic carbocycles. The van der Waals surface area contributed by atoms with Crippen LogP contribution in [0.2, 0.25) is 0 Å². The predicted molar refractivity (Wildman–Crippen MR) is 52.5 cm³/mol. The third-order valence-electron chi connectivity index (χ3n) is 1.76. The fourth-order valence-corrected chi connectivity index (χ4v) is 1.50. The van der Waals surface area contributed by atoms with Gasteiger partial charge in [-0.1, -0.05) is 12.2 Å². The van der Waals surface area contributed by atoms with Gasteiger partial charge in [0.25, 0.3) is 0 Å². The molecular weight excluding hydrogens is 202 g/mol. The summed E-state index contributed by atoms with van der Waals surface area (Å²) in [4.78, 5) is 2.26. The maximum atomic E-state index is 3.71. The quantitative estimate of drug-likeness (QED) is 0.638. The van der Waals surface area contributed by atoms with Gasteiger partial charge in [0.15, 0.2) is 0 Å². The lowest BCUT2D eigenvalue weighted by molar-refractivity contribution is 0.417. The van der Waals surface area contributed by atoms with Gasteiger partial charge in [0.05, 0.1) is 0 Å². The summed E-state index contributed by atoms with van der Waals surface area (Å²) in [5, 5.41) is 0. The molecule has 0 aromatic heterocycles. The van der Waals surface area contributed by atoms with Gasteiger partial charge >= 0.3 is 0 Å². The minimum absolute atomic E-state index is 0.922. The van der Waals surface area contributed by atoms with Gasteiger partial charge in [0.2, 0.25) is 0 Å². The van der Waals surface area contributed by atoms with Crippen LogP contribution in [0.1, 0.15) is 6.92 Å². The number of halogens is 1. The van der Waals surface area contributed by atoms with Crippen molar-refractivity contribution in [2.45, 2.75) is 6.92 Å². The Hall–Kier alpha value is -0.500. The molecule has 0 saturated heterocycles. The van der Waals surface area contributed by atoms with E-state index in [-0.39, 0.29) is 0 Å². The Balaban J connectivity index is 2.72. The predicted octanol–water partition coefficient (Wildman–Crippen LogP) is 2.67. The van der Waals surface area contributed by atoms with Crippen LogP contribution in [0.5, 0.6) is 0 Å². The van der Waals surface area contributed by atoms with Crippen LogP contribution in [-0.4, -0.2) is 18.0 Å². The highest BCUT2D eigenvalue weighted by atomic mass is 79.9. The molecule has 0 bridgehead atoms. The molecule has 1 aliphatic rings. The highest BCUT2D eigenvalue weighted by Crippen LogP contribution is 2.20. The second-order valence-electron chi connectivity index (χ2n) is 2.53. The van der Waals surface area contributed by atoms with Crippen molar-refractivity contribution in [3.8, 4) is 0 Å². The van der Waals surface area contributed by atoms with Gasteiger partial charge in [-0.25, -0.2) is 0 Å². The summed E-state index contributed by atoms with van der Waals surface area (Å²) in [6.45, 7) is 7.73. The number of rotatable bonds is 2. The van der Waals surface area contributed by atoms with Crippen molar-refractivity contribution in [1.82, 2.24) is 4.90 Å². The summed E-state index contributed by atoms with van der Waals surface area (Å²) in [6.07, 6.45) is 6.15. The Kier molecular flexibility index (Phi) is 2.94. The van der Waals surface area contributed by atoms with E-state index in [1.165, 1.54) is 10.2 Å². The van der Waals surface area contributed by atoms with Gasteiger partial charge in [-0.15, -0.1) is 6.58 Å². The molecule has 60 valence electrons. The summed E-state index contributed by atoms with van der Waals surface area (Å²) in [5.74, 6) is 0. The Morgan fingerprint density at radius 3 is 3.18 bits per heavy atom. The minimum Gasteiger partial charge on any atom is -0.367 e. The Morgan fingerprint density at radius 2 is 2.55 bits per heavy atom.